The fourth-order valence-corrected chi connectivity index (χ4v) is 2.59. The number of hydrogen-bond donors (Lipinski definition) is 1. The third-order valence-electron chi connectivity index (χ3n) is 3.83. The number of aromatic nitrogens is 4. The Morgan fingerprint density at radius 2 is 1.88 bits per heavy atom. The molecule has 0 saturated carbocycles. The van der Waals surface area contributed by atoms with Gasteiger partial charge in [-0.25, -0.2) is 0 Å². The van der Waals surface area contributed by atoms with Gasteiger partial charge in [0.05, 0.1) is 7.11 Å². The maximum Gasteiger partial charge on any atom is 0.178 e. The van der Waals surface area contributed by atoms with E-state index >= 15 is 0 Å². The fraction of sp³-hybridized carbons (Fsp3) is 0.389. The number of nitrogens with one attached hydrogen (secondary N) is 1. The number of benzene rings is 1. The van der Waals surface area contributed by atoms with E-state index in [9.17, 15) is 0 Å². The molecule has 0 fully saturated rings. The summed E-state index contributed by atoms with van der Waals surface area (Å²) in [6.45, 7) is 7.08. The van der Waals surface area contributed by atoms with Crippen LogP contribution < -0.4 is 10.1 Å². The first kappa shape index (κ1) is 16.2. The van der Waals surface area contributed by atoms with E-state index in [2.05, 4.69) is 47.5 Å². The van der Waals surface area contributed by atoms with E-state index in [1.807, 2.05) is 34.8 Å². The molecule has 24 heavy (non-hydrogen) atoms. The lowest BCUT2D eigenvalue weighted by atomic mass is 9.96. The van der Waals surface area contributed by atoms with E-state index < -0.39 is 0 Å². The highest BCUT2D eigenvalue weighted by molar-refractivity contribution is 5.44. The number of rotatable bonds is 5. The highest BCUT2D eigenvalue weighted by Crippen LogP contribution is 2.21. The summed E-state index contributed by atoms with van der Waals surface area (Å²) >= 11 is 0. The van der Waals surface area contributed by atoms with Crippen LogP contribution in [0.15, 0.2) is 36.4 Å². The van der Waals surface area contributed by atoms with Crippen molar-refractivity contribution in [2.75, 3.05) is 19.0 Å². The molecule has 0 bridgehead atoms. The van der Waals surface area contributed by atoms with E-state index in [0.717, 1.165) is 36.0 Å². The molecule has 0 saturated heterocycles. The van der Waals surface area contributed by atoms with Gasteiger partial charge in [-0.15, -0.1) is 15.3 Å². The van der Waals surface area contributed by atoms with Crippen LogP contribution in [0.3, 0.4) is 0 Å². The van der Waals surface area contributed by atoms with Gasteiger partial charge in [-0.2, -0.15) is 4.52 Å². The molecule has 1 N–H and O–H groups in total. The molecule has 2 aromatic heterocycles. The maximum atomic E-state index is 5.38. The number of nitrogens with zero attached hydrogens (tertiary/aromatic N) is 4. The molecule has 0 unspecified atom stereocenters. The van der Waals surface area contributed by atoms with E-state index in [1.165, 1.54) is 5.56 Å². The standard InChI is InChI=1S/C18H23N5O/c1-18(2,3)17-21-20-16-10-9-15(22-23(16)17)19-12-11-13-7-5-6-8-14(13)24-4/h5-10H,11-12H2,1-4H3,(H,19,22). The summed E-state index contributed by atoms with van der Waals surface area (Å²) in [7, 11) is 1.70. The Bertz CT molecular complexity index is 835. The van der Waals surface area contributed by atoms with Gasteiger partial charge in [0.15, 0.2) is 11.5 Å². The Morgan fingerprint density at radius 1 is 1.08 bits per heavy atom. The lowest BCUT2D eigenvalue weighted by Crippen LogP contribution is -2.18. The van der Waals surface area contributed by atoms with Crippen molar-refractivity contribution in [2.45, 2.75) is 32.6 Å². The van der Waals surface area contributed by atoms with Crippen LogP contribution >= 0.6 is 0 Å². The van der Waals surface area contributed by atoms with Crippen molar-refractivity contribution in [2.24, 2.45) is 0 Å². The number of anilines is 1. The zero-order valence-corrected chi connectivity index (χ0v) is 14.6. The van der Waals surface area contributed by atoms with Crippen molar-refractivity contribution in [3.8, 4) is 5.75 Å². The summed E-state index contributed by atoms with van der Waals surface area (Å²) < 4.78 is 7.20. The molecule has 0 amide bonds. The van der Waals surface area contributed by atoms with Gasteiger partial charge < -0.3 is 10.1 Å². The Hall–Kier alpha value is -2.63. The van der Waals surface area contributed by atoms with Crippen LogP contribution in [0.1, 0.15) is 32.2 Å². The average molecular weight is 325 g/mol. The number of hydrogen-bond acceptors (Lipinski definition) is 5. The normalized spacial score (nSPS) is 11.7. The predicted molar refractivity (Wildman–Crippen MR) is 94.7 cm³/mol. The Morgan fingerprint density at radius 3 is 2.62 bits per heavy atom. The van der Waals surface area contributed by atoms with E-state index in [4.69, 9.17) is 4.74 Å². The third kappa shape index (κ3) is 3.32. The molecular formula is C18H23N5O. The predicted octanol–water partition coefficient (Wildman–Crippen LogP) is 3.09. The number of ether oxygens (including phenoxy) is 1. The molecule has 6 heteroatoms. The van der Waals surface area contributed by atoms with Gasteiger partial charge in [0.1, 0.15) is 11.6 Å². The monoisotopic (exact) mass is 325 g/mol. The summed E-state index contributed by atoms with van der Waals surface area (Å²) in [5.74, 6) is 2.57. The molecule has 126 valence electrons. The van der Waals surface area contributed by atoms with Gasteiger partial charge in [-0.3, -0.25) is 0 Å². The molecule has 2 heterocycles. The Balaban J connectivity index is 1.74. The summed E-state index contributed by atoms with van der Waals surface area (Å²) in [4.78, 5) is 0. The Kier molecular flexibility index (Phi) is 4.38. The number of fused-ring (bicyclic) bond motifs is 1. The lowest BCUT2D eigenvalue weighted by molar-refractivity contribution is 0.410. The van der Waals surface area contributed by atoms with E-state index in [-0.39, 0.29) is 5.41 Å². The van der Waals surface area contributed by atoms with Gasteiger partial charge in [-0.1, -0.05) is 39.0 Å². The topological polar surface area (TPSA) is 64.3 Å². The van der Waals surface area contributed by atoms with Crippen LogP contribution in [0.5, 0.6) is 5.75 Å². The minimum atomic E-state index is -0.109. The summed E-state index contributed by atoms with van der Waals surface area (Å²) in [5.41, 5.74) is 1.83. The minimum absolute atomic E-state index is 0.109. The van der Waals surface area contributed by atoms with Crippen molar-refractivity contribution in [1.82, 2.24) is 19.8 Å². The van der Waals surface area contributed by atoms with Crippen LogP contribution in [0, 0.1) is 0 Å². The van der Waals surface area contributed by atoms with Gasteiger partial charge >= 0.3 is 0 Å². The van der Waals surface area contributed by atoms with Gasteiger partial charge in [-0.05, 0) is 30.2 Å². The fourth-order valence-electron chi connectivity index (χ4n) is 2.59. The van der Waals surface area contributed by atoms with E-state index in [0.29, 0.717) is 0 Å². The van der Waals surface area contributed by atoms with E-state index in [1.54, 1.807) is 7.11 Å². The second-order valence-electron chi connectivity index (χ2n) is 6.75. The van der Waals surface area contributed by atoms with Crippen LogP contribution in [-0.4, -0.2) is 33.5 Å². The van der Waals surface area contributed by atoms with Crippen molar-refractivity contribution >= 4 is 11.5 Å². The summed E-state index contributed by atoms with van der Waals surface area (Å²) in [6.07, 6.45) is 0.859. The number of para-hydroxylation sites is 1. The zero-order chi connectivity index (χ0) is 17.2. The average Bonchev–Trinajstić information content (AvgIpc) is 2.98. The van der Waals surface area contributed by atoms with Gasteiger partial charge in [0.25, 0.3) is 0 Å². The molecular weight excluding hydrogens is 302 g/mol. The molecule has 3 rings (SSSR count). The van der Waals surface area contributed by atoms with Crippen LogP contribution in [0.2, 0.25) is 0 Å². The molecule has 0 spiro atoms. The van der Waals surface area contributed by atoms with Gasteiger partial charge in [0.2, 0.25) is 0 Å². The zero-order valence-electron chi connectivity index (χ0n) is 14.6. The molecule has 6 nitrogen and oxygen atoms in total. The first-order chi connectivity index (χ1) is 11.5. The first-order valence-electron chi connectivity index (χ1n) is 8.08. The quantitative estimate of drug-likeness (QED) is 0.781. The molecule has 0 atom stereocenters. The molecule has 0 aliphatic heterocycles. The highest BCUT2D eigenvalue weighted by atomic mass is 16.5. The maximum absolute atomic E-state index is 5.38. The SMILES string of the molecule is COc1ccccc1CCNc1ccc2nnc(C(C)(C)C)n2n1. The second-order valence-corrected chi connectivity index (χ2v) is 6.75. The number of methoxy groups -OCH3 is 1. The molecule has 0 radical (unpaired) electrons. The van der Waals surface area contributed by atoms with Crippen LogP contribution in [0.4, 0.5) is 5.82 Å². The smallest absolute Gasteiger partial charge is 0.178 e. The summed E-state index contributed by atoms with van der Waals surface area (Å²) in [5, 5.41) is 16.4. The lowest BCUT2D eigenvalue weighted by Gasteiger charge is -2.15. The summed E-state index contributed by atoms with van der Waals surface area (Å²) in [6, 6.07) is 11.9. The van der Waals surface area contributed by atoms with Crippen molar-refractivity contribution in [3.05, 3.63) is 47.8 Å². The largest absolute Gasteiger partial charge is 0.496 e. The van der Waals surface area contributed by atoms with Gasteiger partial charge in [0, 0.05) is 12.0 Å². The molecule has 0 aliphatic rings. The highest BCUT2D eigenvalue weighted by Gasteiger charge is 2.21. The molecule has 1 aromatic carbocycles. The third-order valence-corrected chi connectivity index (χ3v) is 3.83. The van der Waals surface area contributed by atoms with Crippen molar-refractivity contribution in [1.29, 1.82) is 0 Å². The van der Waals surface area contributed by atoms with Crippen LogP contribution in [-0.2, 0) is 11.8 Å². The van der Waals surface area contributed by atoms with Crippen LogP contribution in [0.25, 0.3) is 5.65 Å². The minimum Gasteiger partial charge on any atom is -0.496 e. The molecule has 0 aliphatic carbocycles. The van der Waals surface area contributed by atoms with Crippen molar-refractivity contribution < 1.29 is 4.74 Å². The first-order valence-corrected chi connectivity index (χ1v) is 8.08. The molecule has 3 aromatic rings. The Labute approximate surface area is 141 Å². The van der Waals surface area contributed by atoms with Crippen molar-refractivity contribution in [3.63, 3.8) is 0 Å². The second kappa shape index (κ2) is 6.47.